The highest BCUT2D eigenvalue weighted by molar-refractivity contribution is 6.21. The molecule has 0 N–H and O–H groups in total. The van der Waals surface area contributed by atoms with E-state index < -0.39 is 23.6 Å². The molecule has 0 fully saturated rings. The number of carbonyl (C=O) groups excluding carboxylic acids is 3. The second-order valence-electron chi connectivity index (χ2n) is 5.89. The van der Waals surface area contributed by atoms with Gasteiger partial charge in [-0.05, 0) is 49.4 Å². The van der Waals surface area contributed by atoms with Gasteiger partial charge in [-0.15, -0.1) is 0 Å². The molecule has 1 aromatic heterocycles. The van der Waals surface area contributed by atoms with E-state index in [1.807, 2.05) is 0 Å². The molecule has 0 saturated heterocycles. The maximum Gasteiger partial charge on any atom is 0.384 e. The number of hydrogen-bond acceptors (Lipinski definition) is 5. The van der Waals surface area contributed by atoms with Crippen LogP contribution in [0, 0.1) is 12.7 Å². The number of nitrogens with zero attached hydrogens (tertiary/aromatic N) is 3. The van der Waals surface area contributed by atoms with Crippen LogP contribution in [-0.4, -0.2) is 32.6 Å². The van der Waals surface area contributed by atoms with Gasteiger partial charge in [0.25, 0.3) is 11.8 Å². The fourth-order valence-corrected chi connectivity index (χ4v) is 2.80. The van der Waals surface area contributed by atoms with E-state index in [1.165, 1.54) is 47.1 Å². The van der Waals surface area contributed by atoms with Crippen molar-refractivity contribution < 1.29 is 23.6 Å². The van der Waals surface area contributed by atoms with Gasteiger partial charge >= 0.3 is 5.97 Å². The molecule has 27 heavy (non-hydrogen) atoms. The van der Waals surface area contributed by atoms with Gasteiger partial charge in [0.2, 0.25) is 0 Å². The summed E-state index contributed by atoms with van der Waals surface area (Å²) in [7, 11) is 0. The Kier molecular flexibility index (Phi) is 3.80. The maximum atomic E-state index is 13.1. The summed E-state index contributed by atoms with van der Waals surface area (Å²) in [5.74, 6) is -2.76. The molecular weight excluding hydrogens is 353 g/mol. The summed E-state index contributed by atoms with van der Waals surface area (Å²) in [5.41, 5.74) is 1.39. The lowest BCUT2D eigenvalue weighted by molar-refractivity contribution is -0.0588. The van der Waals surface area contributed by atoms with Crippen molar-refractivity contribution in [2.75, 3.05) is 0 Å². The van der Waals surface area contributed by atoms with Crippen molar-refractivity contribution in [3.63, 3.8) is 0 Å². The minimum absolute atomic E-state index is 0.0895. The zero-order valence-electron chi connectivity index (χ0n) is 14.0. The maximum absolute atomic E-state index is 13.1. The molecule has 134 valence electrons. The van der Waals surface area contributed by atoms with Crippen LogP contribution in [0.1, 0.15) is 36.9 Å². The topological polar surface area (TPSA) is 81.5 Å². The van der Waals surface area contributed by atoms with Crippen LogP contribution in [0.5, 0.6) is 0 Å². The van der Waals surface area contributed by atoms with Gasteiger partial charge in [-0.25, -0.2) is 13.9 Å². The first-order chi connectivity index (χ1) is 13.0. The number of hydroxylamine groups is 2. The van der Waals surface area contributed by atoms with Gasteiger partial charge in [0, 0.05) is 5.69 Å². The Hall–Kier alpha value is -3.81. The van der Waals surface area contributed by atoms with Crippen LogP contribution in [0.15, 0.2) is 54.6 Å². The van der Waals surface area contributed by atoms with E-state index >= 15 is 0 Å². The normalized spacial score (nSPS) is 13.0. The van der Waals surface area contributed by atoms with Crippen molar-refractivity contribution in [1.82, 2.24) is 14.8 Å². The number of amides is 2. The number of imide groups is 1. The Balaban J connectivity index is 1.58. The summed E-state index contributed by atoms with van der Waals surface area (Å²) < 4.78 is 14.5. The SMILES string of the molecule is Cc1cc(C(=O)ON2C(=O)c3ccccc3C2=O)nn1-c1ccc(F)cc1. The fraction of sp³-hybridized carbons (Fsp3) is 0.0526. The quantitative estimate of drug-likeness (QED) is 0.667. The van der Waals surface area contributed by atoms with Crippen molar-refractivity contribution in [1.29, 1.82) is 0 Å². The zero-order chi connectivity index (χ0) is 19.1. The molecule has 0 bridgehead atoms. The van der Waals surface area contributed by atoms with Crippen LogP contribution < -0.4 is 0 Å². The molecule has 2 heterocycles. The van der Waals surface area contributed by atoms with Crippen LogP contribution in [0.4, 0.5) is 4.39 Å². The minimum Gasteiger partial charge on any atom is -0.322 e. The zero-order valence-corrected chi connectivity index (χ0v) is 14.0. The lowest BCUT2D eigenvalue weighted by Crippen LogP contribution is -2.32. The second-order valence-corrected chi connectivity index (χ2v) is 5.89. The van der Waals surface area contributed by atoms with Crippen LogP contribution in [0.3, 0.4) is 0 Å². The molecule has 0 saturated carbocycles. The third-order valence-corrected chi connectivity index (χ3v) is 4.10. The molecule has 1 aliphatic heterocycles. The third kappa shape index (κ3) is 2.77. The van der Waals surface area contributed by atoms with Crippen molar-refractivity contribution in [2.45, 2.75) is 6.92 Å². The first-order valence-corrected chi connectivity index (χ1v) is 7.98. The molecule has 0 atom stereocenters. The molecule has 7 nitrogen and oxygen atoms in total. The molecular formula is C19H12FN3O4. The Morgan fingerprint density at radius 1 is 1.00 bits per heavy atom. The predicted octanol–water partition coefficient (Wildman–Crippen LogP) is 2.69. The number of rotatable bonds is 3. The van der Waals surface area contributed by atoms with Crippen molar-refractivity contribution in [3.05, 3.63) is 82.9 Å². The highest BCUT2D eigenvalue weighted by atomic mass is 19.1. The second kappa shape index (κ2) is 6.17. The van der Waals surface area contributed by atoms with Gasteiger partial charge in [0.15, 0.2) is 5.69 Å². The number of carbonyl (C=O) groups is 3. The molecule has 8 heteroatoms. The molecule has 2 aromatic carbocycles. The average molecular weight is 365 g/mol. The fourth-order valence-electron chi connectivity index (χ4n) is 2.80. The summed E-state index contributed by atoms with van der Waals surface area (Å²) in [4.78, 5) is 41.9. The largest absolute Gasteiger partial charge is 0.384 e. The van der Waals surface area contributed by atoms with E-state index in [0.29, 0.717) is 16.4 Å². The van der Waals surface area contributed by atoms with E-state index in [2.05, 4.69) is 5.10 Å². The summed E-state index contributed by atoms with van der Waals surface area (Å²) >= 11 is 0. The molecule has 0 radical (unpaired) electrons. The first-order valence-electron chi connectivity index (χ1n) is 7.98. The molecule has 1 aliphatic rings. The highest BCUT2D eigenvalue weighted by Crippen LogP contribution is 2.23. The lowest BCUT2D eigenvalue weighted by atomic mass is 10.1. The van der Waals surface area contributed by atoms with Crippen molar-refractivity contribution in [2.24, 2.45) is 0 Å². The van der Waals surface area contributed by atoms with Crippen LogP contribution in [0.25, 0.3) is 5.69 Å². The Morgan fingerprint density at radius 2 is 1.59 bits per heavy atom. The van der Waals surface area contributed by atoms with Gasteiger partial charge in [-0.1, -0.05) is 17.2 Å². The van der Waals surface area contributed by atoms with Gasteiger partial charge in [-0.2, -0.15) is 5.10 Å². The number of fused-ring (bicyclic) bond motifs is 1. The van der Waals surface area contributed by atoms with Crippen LogP contribution in [-0.2, 0) is 4.84 Å². The smallest absolute Gasteiger partial charge is 0.322 e. The van der Waals surface area contributed by atoms with E-state index in [4.69, 9.17) is 4.84 Å². The van der Waals surface area contributed by atoms with E-state index in [1.54, 1.807) is 19.1 Å². The lowest BCUT2D eigenvalue weighted by Gasteiger charge is -2.11. The van der Waals surface area contributed by atoms with Crippen LogP contribution >= 0.6 is 0 Å². The minimum atomic E-state index is -0.950. The number of halogens is 1. The van der Waals surface area contributed by atoms with Gasteiger partial charge in [-0.3, -0.25) is 9.59 Å². The Bertz CT molecular complexity index is 1050. The Labute approximate surface area is 152 Å². The monoisotopic (exact) mass is 365 g/mol. The number of aryl methyl sites for hydroxylation is 1. The Morgan fingerprint density at radius 3 is 2.19 bits per heavy atom. The van der Waals surface area contributed by atoms with E-state index in [-0.39, 0.29) is 16.8 Å². The van der Waals surface area contributed by atoms with Crippen LogP contribution in [0.2, 0.25) is 0 Å². The van der Waals surface area contributed by atoms with Gasteiger partial charge < -0.3 is 4.84 Å². The first kappa shape index (κ1) is 16.6. The standard InChI is InChI=1S/C19H12FN3O4/c1-11-10-16(21-22(11)13-8-6-12(20)7-9-13)19(26)27-23-17(24)14-4-2-3-5-15(14)18(23)25/h2-10H,1H3. The molecule has 0 spiro atoms. The van der Waals surface area contributed by atoms with Gasteiger partial charge in [0.1, 0.15) is 5.82 Å². The number of hydrogen-bond donors (Lipinski definition) is 0. The van der Waals surface area contributed by atoms with Gasteiger partial charge in [0.05, 0.1) is 16.8 Å². The summed E-state index contributed by atoms with van der Waals surface area (Å²) in [6.45, 7) is 1.70. The summed E-state index contributed by atoms with van der Waals surface area (Å²) in [5, 5.41) is 4.55. The molecule has 4 rings (SSSR count). The van der Waals surface area contributed by atoms with E-state index in [0.717, 1.165) is 0 Å². The van der Waals surface area contributed by atoms with Crippen molar-refractivity contribution in [3.8, 4) is 5.69 Å². The molecule has 0 unspecified atom stereocenters. The summed E-state index contributed by atoms with van der Waals surface area (Å²) in [6, 6.07) is 13.2. The predicted molar refractivity (Wildman–Crippen MR) is 90.6 cm³/mol. The average Bonchev–Trinajstić information content (AvgIpc) is 3.17. The third-order valence-electron chi connectivity index (χ3n) is 4.10. The van der Waals surface area contributed by atoms with E-state index in [9.17, 15) is 18.8 Å². The highest BCUT2D eigenvalue weighted by Gasteiger charge is 2.39. The summed E-state index contributed by atoms with van der Waals surface area (Å²) in [6.07, 6.45) is 0. The number of benzene rings is 2. The number of aromatic nitrogens is 2. The van der Waals surface area contributed by atoms with Crippen molar-refractivity contribution >= 4 is 17.8 Å². The molecule has 2 amide bonds. The molecule has 0 aliphatic carbocycles. The molecule has 3 aromatic rings.